The molecular weight excluding hydrogens is 319 g/mol. The zero-order chi connectivity index (χ0) is 14.4. The molecule has 1 aliphatic rings. The van der Waals surface area contributed by atoms with Crippen molar-refractivity contribution >= 4 is 24.8 Å². The molecule has 1 saturated carbocycles. The van der Waals surface area contributed by atoms with Crippen LogP contribution in [0.4, 0.5) is 0 Å². The predicted octanol–water partition coefficient (Wildman–Crippen LogP) is 3.88. The van der Waals surface area contributed by atoms with Crippen LogP contribution in [0, 0.1) is 5.92 Å². The summed E-state index contributed by atoms with van der Waals surface area (Å²) in [5, 5.41) is 0. The third-order valence-corrected chi connectivity index (χ3v) is 4.23. The SMILES string of the molecule is C[C@@H]1CCCC[C@@H]1Oc1ccccc1CN(C)CCN.Cl.Cl. The maximum absolute atomic E-state index is 6.32. The van der Waals surface area contributed by atoms with Crippen molar-refractivity contribution < 1.29 is 4.74 Å². The van der Waals surface area contributed by atoms with E-state index >= 15 is 0 Å². The van der Waals surface area contributed by atoms with Crippen LogP contribution in [-0.2, 0) is 6.54 Å². The lowest BCUT2D eigenvalue weighted by molar-refractivity contribution is 0.100. The van der Waals surface area contributed by atoms with E-state index in [0.29, 0.717) is 18.6 Å². The molecule has 1 aromatic carbocycles. The summed E-state index contributed by atoms with van der Waals surface area (Å²) < 4.78 is 6.32. The maximum atomic E-state index is 6.32. The number of hydrogen-bond acceptors (Lipinski definition) is 3. The monoisotopic (exact) mass is 348 g/mol. The van der Waals surface area contributed by atoms with Crippen LogP contribution in [0.3, 0.4) is 0 Å². The molecule has 0 bridgehead atoms. The first-order valence-corrected chi connectivity index (χ1v) is 7.84. The molecule has 1 fully saturated rings. The second-order valence-corrected chi connectivity index (χ2v) is 6.05. The third-order valence-electron chi connectivity index (χ3n) is 4.23. The number of halogens is 2. The molecule has 0 aliphatic heterocycles. The van der Waals surface area contributed by atoms with E-state index in [1.807, 2.05) is 0 Å². The van der Waals surface area contributed by atoms with Gasteiger partial charge in [0.2, 0.25) is 0 Å². The van der Waals surface area contributed by atoms with Crippen molar-refractivity contribution in [2.75, 3.05) is 20.1 Å². The van der Waals surface area contributed by atoms with E-state index in [-0.39, 0.29) is 24.8 Å². The van der Waals surface area contributed by atoms with Gasteiger partial charge in [-0.2, -0.15) is 0 Å². The number of ether oxygens (including phenoxy) is 1. The number of benzene rings is 1. The molecule has 2 rings (SSSR count). The lowest BCUT2D eigenvalue weighted by Crippen LogP contribution is -2.29. The van der Waals surface area contributed by atoms with Crippen molar-refractivity contribution in [3.8, 4) is 5.75 Å². The number of nitrogens with two attached hydrogens (primary N) is 1. The Labute approximate surface area is 147 Å². The van der Waals surface area contributed by atoms with Gasteiger partial charge in [-0.25, -0.2) is 0 Å². The molecule has 0 amide bonds. The van der Waals surface area contributed by atoms with Crippen LogP contribution in [0.5, 0.6) is 5.75 Å². The molecule has 2 N–H and O–H groups in total. The summed E-state index contributed by atoms with van der Waals surface area (Å²) >= 11 is 0. The molecule has 128 valence electrons. The van der Waals surface area contributed by atoms with E-state index < -0.39 is 0 Å². The lowest BCUT2D eigenvalue weighted by atomic mass is 9.88. The first-order chi connectivity index (χ1) is 9.70. The Bertz CT molecular complexity index is 417. The molecule has 0 spiro atoms. The molecule has 22 heavy (non-hydrogen) atoms. The molecule has 0 heterocycles. The van der Waals surface area contributed by atoms with Gasteiger partial charge in [-0.1, -0.05) is 31.5 Å². The Balaban J connectivity index is 0.00000220. The van der Waals surface area contributed by atoms with Crippen LogP contribution in [0.15, 0.2) is 24.3 Å². The summed E-state index contributed by atoms with van der Waals surface area (Å²) in [6.45, 7) is 4.81. The van der Waals surface area contributed by atoms with Crippen molar-refractivity contribution in [1.82, 2.24) is 4.90 Å². The fourth-order valence-corrected chi connectivity index (χ4v) is 2.96. The number of likely N-dealkylation sites (N-methyl/N-ethyl adjacent to an activating group) is 1. The standard InChI is InChI=1S/C17H28N2O.2ClH/c1-14-7-3-5-9-16(14)20-17-10-6-4-8-15(17)13-19(2)12-11-18;;/h4,6,8,10,14,16H,3,5,7,9,11-13,18H2,1-2H3;2*1H/t14-,16+;;/m1../s1. The summed E-state index contributed by atoms with van der Waals surface area (Å²) in [4.78, 5) is 2.24. The van der Waals surface area contributed by atoms with E-state index in [1.165, 1.54) is 31.2 Å². The summed E-state index contributed by atoms with van der Waals surface area (Å²) in [6.07, 6.45) is 5.50. The molecule has 0 saturated heterocycles. The van der Waals surface area contributed by atoms with Gasteiger partial charge >= 0.3 is 0 Å². The zero-order valence-electron chi connectivity index (χ0n) is 13.7. The molecule has 0 radical (unpaired) electrons. The normalized spacial score (nSPS) is 20.9. The lowest BCUT2D eigenvalue weighted by Gasteiger charge is -2.30. The van der Waals surface area contributed by atoms with Gasteiger partial charge in [0.25, 0.3) is 0 Å². The topological polar surface area (TPSA) is 38.5 Å². The highest BCUT2D eigenvalue weighted by Gasteiger charge is 2.23. The molecule has 5 heteroatoms. The minimum absolute atomic E-state index is 0. The highest BCUT2D eigenvalue weighted by molar-refractivity contribution is 5.85. The summed E-state index contributed by atoms with van der Waals surface area (Å²) in [6, 6.07) is 8.42. The largest absolute Gasteiger partial charge is 0.490 e. The van der Waals surface area contributed by atoms with Crippen molar-refractivity contribution in [3.05, 3.63) is 29.8 Å². The van der Waals surface area contributed by atoms with Crippen LogP contribution >= 0.6 is 24.8 Å². The van der Waals surface area contributed by atoms with Gasteiger partial charge in [-0.15, -0.1) is 24.8 Å². The highest BCUT2D eigenvalue weighted by Crippen LogP contribution is 2.30. The number of para-hydroxylation sites is 1. The van der Waals surface area contributed by atoms with Gasteiger partial charge < -0.3 is 15.4 Å². The highest BCUT2D eigenvalue weighted by atomic mass is 35.5. The summed E-state index contributed by atoms with van der Waals surface area (Å²) in [5.74, 6) is 1.72. The smallest absolute Gasteiger partial charge is 0.124 e. The van der Waals surface area contributed by atoms with Gasteiger partial charge in [0.1, 0.15) is 11.9 Å². The zero-order valence-corrected chi connectivity index (χ0v) is 15.3. The number of nitrogens with zero attached hydrogens (tertiary/aromatic N) is 1. The van der Waals surface area contributed by atoms with Crippen LogP contribution in [0.25, 0.3) is 0 Å². The molecular formula is C17H30Cl2N2O. The Morgan fingerprint density at radius 2 is 1.86 bits per heavy atom. The summed E-state index contributed by atoms with van der Waals surface area (Å²) in [5.41, 5.74) is 6.88. The molecule has 0 unspecified atom stereocenters. The molecule has 1 aromatic rings. The van der Waals surface area contributed by atoms with Crippen molar-refractivity contribution in [1.29, 1.82) is 0 Å². The van der Waals surface area contributed by atoms with E-state index in [2.05, 4.69) is 43.1 Å². The Morgan fingerprint density at radius 3 is 2.55 bits per heavy atom. The Kier molecular flexibility index (Phi) is 10.9. The van der Waals surface area contributed by atoms with Crippen LogP contribution < -0.4 is 10.5 Å². The van der Waals surface area contributed by atoms with Crippen LogP contribution in [0.2, 0.25) is 0 Å². The second-order valence-electron chi connectivity index (χ2n) is 6.05. The Hall–Kier alpha value is -0.480. The summed E-state index contributed by atoms with van der Waals surface area (Å²) in [7, 11) is 2.10. The second kappa shape index (κ2) is 11.1. The number of rotatable bonds is 6. The molecule has 0 aromatic heterocycles. The van der Waals surface area contributed by atoms with E-state index in [9.17, 15) is 0 Å². The molecule has 2 atom stereocenters. The van der Waals surface area contributed by atoms with Crippen molar-refractivity contribution in [2.45, 2.75) is 45.3 Å². The van der Waals surface area contributed by atoms with Gasteiger partial charge in [0.05, 0.1) is 0 Å². The van der Waals surface area contributed by atoms with E-state index in [1.54, 1.807) is 0 Å². The van der Waals surface area contributed by atoms with Crippen LogP contribution in [-0.4, -0.2) is 31.1 Å². The maximum Gasteiger partial charge on any atom is 0.124 e. The fourth-order valence-electron chi connectivity index (χ4n) is 2.96. The van der Waals surface area contributed by atoms with Gasteiger partial charge in [0, 0.05) is 25.2 Å². The minimum Gasteiger partial charge on any atom is -0.490 e. The van der Waals surface area contributed by atoms with Crippen molar-refractivity contribution in [3.63, 3.8) is 0 Å². The first-order valence-electron chi connectivity index (χ1n) is 7.84. The third kappa shape index (κ3) is 6.33. The van der Waals surface area contributed by atoms with Gasteiger partial charge in [-0.3, -0.25) is 0 Å². The van der Waals surface area contributed by atoms with Crippen molar-refractivity contribution in [2.24, 2.45) is 11.7 Å². The average molecular weight is 349 g/mol. The van der Waals surface area contributed by atoms with E-state index in [0.717, 1.165) is 18.8 Å². The minimum atomic E-state index is 0. The average Bonchev–Trinajstić information content (AvgIpc) is 2.44. The predicted molar refractivity (Wildman–Crippen MR) is 98.4 cm³/mol. The first kappa shape index (κ1) is 21.5. The quantitative estimate of drug-likeness (QED) is 0.847. The molecule has 3 nitrogen and oxygen atoms in total. The number of hydrogen-bond donors (Lipinski definition) is 1. The van der Waals surface area contributed by atoms with E-state index in [4.69, 9.17) is 10.5 Å². The van der Waals surface area contributed by atoms with Crippen LogP contribution in [0.1, 0.15) is 38.2 Å². The fraction of sp³-hybridized carbons (Fsp3) is 0.647. The van der Waals surface area contributed by atoms with Gasteiger partial charge in [0.15, 0.2) is 0 Å². The molecule has 1 aliphatic carbocycles. The Morgan fingerprint density at radius 1 is 1.18 bits per heavy atom. The van der Waals surface area contributed by atoms with Gasteiger partial charge in [-0.05, 0) is 38.3 Å².